The Kier molecular flexibility index (Phi) is 3.34. The standard InChI is InChI=1S/C10H10F3N2O2P/c1-14-9(10(11,12)13)15(2)18-16-7-5-3-4-6-8(7)17-18/h3-6H,1-2H3. The van der Waals surface area contributed by atoms with Gasteiger partial charge in [0.15, 0.2) is 11.5 Å². The third-order valence-corrected chi connectivity index (χ3v) is 3.60. The van der Waals surface area contributed by atoms with Crippen LogP contribution in [0.5, 0.6) is 11.5 Å². The van der Waals surface area contributed by atoms with Crippen molar-refractivity contribution in [3.63, 3.8) is 0 Å². The van der Waals surface area contributed by atoms with E-state index in [2.05, 4.69) is 4.99 Å². The molecule has 0 aliphatic carbocycles. The zero-order valence-electron chi connectivity index (χ0n) is 9.60. The fraction of sp³-hybridized carbons (Fsp3) is 0.300. The van der Waals surface area contributed by atoms with E-state index in [1.165, 1.54) is 7.05 Å². The van der Waals surface area contributed by atoms with Gasteiger partial charge in [0.2, 0.25) is 5.84 Å². The van der Waals surface area contributed by atoms with Crippen LogP contribution in [0.1, 0.15) is 0 Å². The number of hydrogen-bond acceptors (Lipinski definition) is 3. The number of halogens is 3. The number of para-hydroxylation sites is 2. The zero-order valence-corrected chi connectivity index (χ0v) is 10.5. The summed E-state index contributed by atoms with van der Waals surface area (Å²) in [5, 5.41) is 0. The summed E-state index contributed by atoms with van der Waals surface area (Å²) in [6.07, 6.45) is -4.53. The summed E-state index contributed by atoms with van der Waals surface area (Å²) < 4.78 is 49.6. The highest BCUT2D eigenvalue weighted by Gasteiger charge is 2.44. The Morgan fingerprint density at radius 2 is 1.72 bits per heavy atom. The van der Waals surface area contributed by atoms with Crippen molar-refractivity contribution in [2.24, 2.45) is 4.99 Å². The van der Waals surface area contributed by atoms with Gasteiger partial charge >= 0.3 is 14.7 Å². The van der Waals surface area contributed by atoms with Crippen LogP contribution in [0.15, 0.2) is 29.3 Å². The van der Waals surface area contributed by atoms with E-state index >= 15 is 0 Å². The summed E-state index contributed by atoms with van der Waals surface area (Å²) in [5.41, 5.74) is 0. The normalized spacial score (nSPS) is 15.9. The number of aliphatic imine (C=N–C) groups is 1. The van der Waals surface area contributed by atoms with Gasteiger partial charge in [0.1, 0.15) is 0 Å². The van der Waals surface area contributed by atoms with Crippen molar-refractivity contribution in [2.45, 2.75) is 6.18 Å². The first-order valence-electron chi connectivity index (χ1n) is 4.96. The van der Waals surface area contributed by atoms with Crippen LogP contribution in [0.2, 0.25) is 0 Å². The molecule has 0 amide bonds. The summed E-state index contributed by atoms with van der Waals surface area (Å²) >= 11 is 0. The van der Waals surface area contributed by atoms with E-state index in [4.69, 9.17) is 9.05 Å². The van der Waals surface area contributed by atoms with Gasteiger partial charge in [-0.05, 0) is 12.1 Å². The molecular weight excluding hydrogens is 268 g/mol. The third kappa shape index (κ3) is 2.36. The minimum atomic E-state index is -4.53. The molecule has 1 heterocycles. The molecule has 4 nitrogen and oxygen atoms in total. The summed E-state index contributed by atoms with van der Waals surface area (Å²) in [6, 6.07) is 6.73. The van der Waals surface area contributed by atoms with Crippen LogP contribution in [0.25, 0.3) is 0 Å². The lowest BCUT2D eigenvalue weighted by Gasteiger charge is -2.24. The van der Waals surface area contributed by atoms with Crippen molar-refractivity contribution in [1.82, 2.24) is 4.67 Å². The van der Waals surface area contributed by atoms with Crippen molar-refractivity contribution in [3.8, 4) is 11.5 Å². The Labute approximate surface area is 103 Å². The fourth-order valence-corrected chi connectivity index (χ4v) is 2.72. The van der Waals surface area contributed by atoms with Crippen molar-refractivity contribution in [3.05, 3.63) is 24.3 Å². The smallest absolute Gasteiger partial charge is 0.419 e. The molecular formula is C10H10F3N2O2P. The van der Waals surface area contributed by atoms with Crippen LogP contribution >= 0.6 is 8.53 Å². The largest absolute Gasteiger partial charge is 0.449 e. The maximum atomic E-state index is 12.7. The molecule has 0 aromatic heterocycles. The van der Waals surface area contributed by atoms with Gasteiger partial charge in [0.05, 0.1) is 0 Å². The highest BCUT2D eigenvalue weighted by molar-refractivity contribution is 7.46. The van der Waals surface area contributed by atoms with Gasteiger partial charge in [-0.15, -0.1) is 0 Å². The van der Waals surface area contributed by atoms with Gasteiger partial charge < -0.3 is 9.05 Å². The highest BCUT2D eigenvalue weighted by Crippen LogP contribution is 2.54. The molecule has 0 saturated heterocycles. The lowest BCUT2D eigenvalue weighted by atomic mass is 10.3. The average molecular weight is 278 g/mol. The van der Waals surface area contributed by atoms with Crippen LogP contribution in [-0.4, -0.2) is 30.8 Å². The molecule has 0 N–H and O–H groups in total. The van der Waals surface area contributed by atoms with Gasteiger partial charge in [-0.1, -0.05) is 12.1 Å². The Balaban J connectivity index is 2.16. The molecule has 0 saturated carbocycles. The number of benzene rings is 1. The van der Waals surface area contributed by atoms with E-state index in [1.807, 2.05) is 0 Å². The quantitative estimate of drug-likeness (QED) is 0.449. The molecule has 0 spiro atoms. The average Bonchev–Trinajstić information content (AvgIpc) is 2.71. The number of amidine groups is 1. The van der Waals surface area contributed by atoms with Crippen LogP contribution in [0.4, 0.5) is 13.2 Å². The highest BCUT2D eigenvalue weighted by atomic mass is 31.2. The SMILES string of the molecule is CN=C(N(C)P1Oc2ccccc2O1)C(F)(F)F. The first-order chi connectivity index (χ1) is 8.43. The maximum absolute atomic E-state index is 12.7. The molecule has 0 atom stereocenters. The van der Waals surface area contributed by atoms with Crippen LogP contribution in [-0.2, 0) is 0 Å². The Morgan fingerprint density at radius 1 is 1.22 bits per heavy atom. The summed E-state index contributed by atoms with van der Waals surface area (Å²) in [5.74, 6) is -0.150. The van der Waals surface area contributed by atoms with E-state index < -0.39 is 20.5 Å². The van der Waals surface area contributed by atoms with Crippen molar-refractivity contribution in [1.29, 1.82) is 0 Å². The molecule has 0 radical (unpaired) electrons. The van der Waals surface area contributed by atoms with Crippen molar-refractivity contribution < 1.29 is 22.2 Å². The molecule has 98 valence electrons. The summed E-state index contributed by atoms with van der Waals surface area (Å²) in [6.45, 7) is 0. The molecule has 2 rings (SSSR count). The lowest BCUT2D eigenvalue weighted by molar-refractivity contribution is -0.0652. The zero-order chi connectivity index (χ0) is 13.3. The number of nitrogens with zero attached hydrogens (tertiary/aromatic N) is 2. The monoisotopic (exact) mass is 278 g/mol. The molecule has 1 aromatic carbocycles. The Morgan fingerprint density at radius 3 is 2.11 bits per heavy atom. The Bertz CT molecular complexity index is 453. The second-order valence-electron chi connectivity index (χ2n) is 3.44. The Hall–Kier alpha value is -1.49. The van der Waals surface area contributed by atoms with Gasteiger partial charge in [-0.2, -0.15) is 13.2 Å². The number of fused-ring (bicyclic) bond motifs is 1. The minimum Gasteiger partial charge on any atom is -0.419 e. The lowest BCUT2D eigenvalue weighted by Crippen LogP contribution is -2.36. The van der Waals surface area contributed by atoms with Gasteiger partial charge in [-0.3, -0.25) is 9.66 Å². The predicted octanol–water partition coefficient (Wildman–Crippen LogP) is 3.21. The molecule has 0 unspecified atom stereocenters. The molecule has 1 aliphatic rings. The van der Waals surface area contributed by atoms with E-state index in [-0.39, 0.29) is 0 Å². The van der Waals surface area contributed by atoms with Crippen molar-refractivity contribution >= 4 is 14.4 Å². The fourth-order valence-electron chi connectivity index (χ4n) is 1.44. The van der Waals surface area contributed by atoms with Crippen LogP contribution in [0, 0.1) is 0 Å². The summed E-state index contributed by atoms with van der Waals surface area (Å²) in [4.78, 5) is 3.24. The minimum absolute atomic E-state index is 0.438. The second-order valence-corrected chi connectivity index (χ2v) is 4.88. The van der Waals surface area contributed by atoms with E-state index in [0.717, 1.165) is 11.7 Å². The third-order valence-electron chi connectivity index (χ3n) is 2.22. The first kappa shape index (κ1) is 13.0. The van der Waals surface area contributed by atoms with Gasteiger partial charge in [0.25, 0.3) is 0 Å². The molecule has 0 fully saturated rings. The number of rotatable bonds is 1. The number of hydrogen-bond donors (Lipinski definition) is 0. The molecule has 1 aromatic rings. The molecule has 1 aliphatic heterocycles. The van der Waals surface area contributed by atoms with Crippen molar-refractivity contribution in [2.75, 3.05) is 14.1 Å². The first-order valence-corrected chi connectivity index (χ1v) is 6.09. The molecule has 18 heavy (non-hydrogen) atoms. The van der Waals surface area contributed by atoms with Crippen LogP contribution < -0.4 is 9.05 Å². The van der Waals surface area contributed by atoms with E-state index in [0.29, 0.717) is 11.5 Å². The maximum Gasteiger partial charge on any atom is 0.449 e. The topological polar surface area (TPSA) is 34.1 Å². The molecule has 0 bridgehead atoms. The number of alkyl halides is 3. The summed E-state index contributed by atoms with van der Waals surface area (Å²) in [7, 11) is 0.465. The van der Waals surface area contributed by atoms with Gasteiger partial charge in [0, 0.05) is 14.1 Å². The second kappa shape index (κ2) is 4.65. The van der Waals surface area contributed by atoms with Crippen LogP contribution in [0.3, 0.4) is 0 Å². The van der Waals surface area contributed by atoms with E-state index in [1.54, 1.807) is 24.3 Å². The molecule has 8 heteroatoms. The van der Waals surface area contributed by atoms with E-state index in [9.17, 15) is 13.2 Å². The predicted molar refractivity (Wildman–Crippen MR) is 61.8 cm³/mol. The van der Waals surface area contributed by atoms with Gasteiger partial charge in [-0.25, -0.2) is 0 Å².